The Morgan fingerprint density at radius 2 is 2.10 bits per heavy atom. The van der Waals surface area contributed by atoms with Crippen molar-refractivity contribution in [2.75, 3.05) is 12.4 Å². The van der Waals surface area contributed by atoms with E-state index in [0.29, 0.717) is 18.0 Å². The number of aryl methyl sites for hydroxylation is 1. The molecule has 2 N–H and O–H groups in total. The van der Waals surface area contributed by atoms with E-state index in [4.69, 9.17) is 4.74 Å². The summed E-state index contributed by atoms with van der Waals surface area (Å²) in [5.74, 6) is -1.06. The van der Waals surface area contributed by atoms with Gasteiger partial charge < -0.3 is 19.7 Å². The maximum Gasteiger partial charge on any atom is 0.337 e. The van der Waals surface area contributed by atoms with Gasteiger partial charge in [-0.15, -0.1) is 0 Å². The highest BCUT2D eigenvalue weighted by atomic mass is 16.5. The van der Waals surface area contributed by atoms with E-state index in [9.17, 15) is 14.7 Å². The fraction of sp³-hybridized carbons (Fsp3) is 0.200. The van der Waals surface area contributed by atoms with Crippen LogP contribution in [0.2, 0.25) is 0 Å². The summed E-state index contributed by atoms with van der Waals surface area (Å²) in [6.45, 7) is 2.58. The lowest BCUT2D eigenvalue weighted by atomic mass is 10.1. The third-order valence-electron chi connectivity index (χ3n) is 3.11. The summed E-state index contributed by atoms with van der Waals surface area (Å²) in [7, 11) is 1.45. The zero-order valence-corrected chi connectivity index (χ0v) is 11.8. The van der Waals surface area contributed by atoms with Crippen molar-refractivity contribution in [3.8, 4) is 5.75 Å². The molecule has 0 aliphatic rings. The molecule has 6 heteroatoms. The van der Waals surface area contributed by atoms with Gasteiger partial charge in [0.15, 0.2) is 0 Å². The van der Waals surface area contributed by atoms with Gasteiger partial charge >= 0.3 is 5.97 Å². The van der Waals surface area contributed by atoms with Crippen LogP contribution in [0.15, 0.2) is 36.5 Å². The lowest BCUT2D eigenvalue weighted by Crippen LogP contribution is -2.18. The molecule has 1 aromatic heterocycles. The summed E-state index contributed by atoms with van der Waals surface area (Å²) in [5.41, 5.74) is 0.694. The number of rotatable bonds is 5. The first kappa shape index (κ1) is 14.6. The van der Waals surface area contributed by atoms with E-state index in [1.165, 1.54) is 19.2 Å². The van der Waals surface area contributed by atoms with Gasteiger partial charge in [-0.25, -0.2) is 4.79 Å². The first-order chi connectivity index (χ1) is 10.1. The number of aromatic carboxylic acids is 1. The Kier molecular flexibility index (Phi) is 4.27. The predicted octanol–water partition coefficient (Wildman–Crippen LogP) is 2.47. The summed E-state index contributed by atoms with van der Waals surface area (Å²) in [6, 6.07) is 7.94. The minimum atomic E-state index is -1.13. The fourth-order valence-electron chi connectivity index (χ4n) is 2.02. The monoisotopic (exact) mass is 288 g/mol. The van der Waals surface area contributed by atoms with Crippen LogP contribution in [0.4, 0.5) is 5.69 Å². The van der Waals surface area contributed by atoms with Crippen molar-refractivity contribution in [1.82, 2.24) is 4.57 Å². The average Bonchev–Trinajstić information content (AvgIpc) is 2.96. The van der Waals surface area contributed by atoms with Crippen LogP contribution in [-0.2, 0) is 6.54 Å². The van der Waals surface area contributed by atoms with Crippen LogP contribution in [0.25, 0.3) is 0 Å². The largest absolute Gasteiger partial charge is 0.497 e. The van der Waals surface area contributed by atoms with E-state index >= 15 is 0 Å². The van der Waals surface area contributed by atoms with E-state index in [-0.39, 0.29) is 17.2 Å². The number of carboxylic acids is 1. The van der Waals surface area contributed by atoms with E-state index in [1.807, 2.05) is 6.92 Å². The second kappa shape index (κ2) is 6.13. The van der Waals surface area contributed by atoms with E-state index < -0.39 is 5.97 Å². The van der Waals surface area contributed by atoms with Crippen LogP contribution in [0.5, 0.6) is 5.75 Å². The number of benzene rings is 1. The number of nitrogens with one attached hydrogen (secondary N) is 1. The zero-order chi connectivity index (χ0) is 15.4. The third-order valence-corrected chi connectivity index (χ3v) is 3.11. The normalized spacial score (nSPS) is 10.2. The van der Waals surface area contributed by atoms with Crippen molar-refractivity contribution in [2.45, 2.75) is 13.5 Å². The number of aromatic nitrogens is 1. The topological polar surface area (TPSA) is 80.6 Å². The number of amides is 1. The second-order valence-electron chi connectivity index (χ2n) is 4.35. The third kappa shape index (κ3) is 3.05. The van der Waals surface area contributed by atoms with Crippen LogP contribution in [-0.4, -0.2) is 28.7 Å². The second-order valence-corrected chi connectivity index (χ2v) is 4.35. The highest BCUT2D eigenvalue weighted by Crippen LogP contribution is 2.22. The van der Waals surface area contributed by atoms with E-state index in [2.05, 4.69) is 5.32 Å². The van der Waals surface area contributed by atoms with Gasteiger partial charge in [-0.05, 0) is 37.3 Å². The fourth-order valence-corrected chi connectivity index (χ4v) is 2.02. The standard InChI is InChI=1S/C15H16N2O4/c1-3-17-8-4-5-13(17)14(18)16-12-7-6-10(21-2)9-11(12)15(19)20/h4-9H,3H2,1-2H3,(H,16,18)(H,19,20). The Morgan fingerprint density at radius 3 is 2.71 bits per heavy atom. The molecule has 2 aromatic rings. The van der Waals surface area contributed by atoms with Crippen molar-refractivity contribution in [3.63, 3.8) is 0 Å². The molecule has 0 radical (unpaired) electrons. The molecule has 0 atom stereocenters. The molecular formula is C15H16N2O4. The molecule has 2 rings (SSSR count). The summed E-state index contributed by atoms with van der Waals surface area (Å²) in [6.07, 6.45) is 1.79. The van der Waals surface area contributed by atoms with Crippen molar-refractivity contribution >= 4 is 17.6 Å². The Hall–Kier alpha value is -2.76. The number of carbonyl (C=O) groups is 2. The van der Waals surface area contributed by atoms with Crippen LogP contribution in [0.1, 0.15) is 27.8 Å². The summed E-state index contributed by atoms with van der Waals surface area (Å²) in [4.78, 5) is 23.5. The Morgan fingerprint density at radius 1 is 1.33 bits per heavy atom. The minimum absolute atomic E-state index is 0.0164. The smallest absolute Gasteiger partial charge is 0.337 e. The number of carbonyl (C=O) groups excluding carboxylic acids is 1. The number of ether oxygens (including phenoxy) is 1. The van der Waals surface area contributed by atoms with Gasteiger partial charge in [0.1, 0.15) is 11.4 Å². The van der Waals surface area contributed by atoms with Crippen molar-refractivity contribution in [2.24, 2.45) is 0 Å². The van der Waals surface area contributed by atoms with Gasteiger partial charge in [0.05, 0.1) is 18.4 Å². The average molecular weight is 288 g/mol. The lowest BCUT2D eigenvalue weighted by Gasteiger charge is -2.11. The lowest BCUT2D eigenvalue weighted by molar-refractivity contribution is 0.0697. The maximum atomic E-state index is 12.2. The summed E-state index contributed by atoms with van der Waals surface area (Å²) >= 11 is 0. The molecular weight excluding hydrogens is 272 g/mol. The van der Waals surface area contributed by atoms with Gasteiger partial charge in [0.2, 0.25) is 0 Å². The van der Waals surface area contributed by atoms with Crippen LogP contribution < -0.4 is 10.1 Å². The zero-order valence-electron chi connectivity index (χ0n) is 11.8. The molecule has 0 saturated heterocycles. The van der Waals surface area contributed by atoms with Gasteiger partial charge in [-0.1, -0.05) is 0 Å². The number of anilines is 1. The summed E-state index contributed by atoms with van der Waals surface area (Å²) in [5, 5.41) is 11.8. The molecule has 0 unspecified atom stereocenters. The quantitative estimate of drug-likeness (QED) is 0.885. The number of nitrogens with zero attached hydrogens (tertiary/aromatic N) is 1. The number of hydrogen-bond acceptors (Lipinski definition) is 3. The number of methoxy groups -OCH3 is 1. The number of hydrogen-bond donors (Lipinski definition) is 2. The van der Waals surface area contributed by atoms with Gasteiger partial charge in [0, 0.05) is 12.7 Å². The van der Waals surface area contributed by atoms with Crippen LogP contribution in [0, 0.1) is 0 Å². The molecule has 0 fully saturated rings. The Bertz CT molecular complexity index is 676. The van der Waals surface area contributed by atoms with Gasteiger partial charge in [-0.3, -0.25) is 4.79 Å². The number of carboxylic acid groups (broad SMARTS) is 1. The maximum absolute atomic E-state index is 12.2. The predicted molar refractivity (Wildman–Crippen MR) is 78.0 cm³/mol. The Balaban J connectivity index is 2.31. The van der Waals surface area contributed by atoms with E-state index in [0.717, 1.165) is 0 Å². The molecule has 1 heterocycles. The van der Waals surface area contributed by atoms with Crippen molar-refractivity contribution in [1.29, 1.82) is 0 Å². The Labute approximate surface area is 122 Å². The highest BCUT2D eigenvalue weighted by molar-refractivity contribution is 6.07. The SMILES string of the molecule is CCn1cccc1C(=O)Nc1ccc(OC)cc1C(=O)O. The van der Waals surface area contributed by atoms with Gasteiger partial charge in [0.25, 0.3) is 5.91 Å². The molecule has 0 bridgehead atoms. The highest BCUT2D eigenvalue weighted by Gasteiger charge is 2.16. The first-order valence-corrected chi connectivity index (χ1v) is 6.44. The van der Waals surface area contributed by atoms with E-state index in [1.54, 1.807) is 29.0 Å². The van der Waals surface area contributed by atoms with Crippen LogP contribution >= 0.6 is 0 Å². The molecule has 6 nitrogen and oxygen atoms in total. The summed E-state index contributed by atoms with van der Waals surface area (Å²) < 4.78 is 6.77. The molecule has 110 valence electrons. The van der Waals surface area contributed by atoms with Gasteiger partial charge in [-0.2, -0.15) is 0 Å². The molecule has 0 aliphatic heterocycles. The molecule has 1 amide bonds. The van der Waals surface area contributed by atoms with Crippen molar-refractivity contribution < 1.29 is 19.4 Å². The van der Waals surface area contributed by atoms with Crippen LogP contribution in [0.3, 0.4) is 0 Å². The minimum Gasteiger partial charge on any atom is -0.497 e. The van der Waals surface area contributed by atoms with Crippen molar-refractivity contribution in [3.05, 3.63) is 47.8 Å². The molecule has 0 spiro atoms. The molecule has 0 saturated carbocycles. The molecule has 0 aliphatic carbocycles. The first-order valence-electron chi connectivity index (χ1n) is 6.44. The molecule has 1 aromatic carbocycles. The molecule has 21 heavy (non-hydrogen) atoms.